The van der Waals surface area contributed by atoms with Crippen molar-refractivity contribution in [3.8, 4) is 11.1 Å². The summed E-state index contributed by atoms with van der Waals surface area (Å²) in [6, 6.07) is 30.8. The van der Waals surface area contributed by atoms with Crippen LogP contribution < -0.4 is 10.2 Å². The molecule has 2 heterocycles. The lowest BCUT2D eigenvalue weighted by Gasteiger charge is -2.26. The topological polar surface area (TPSA) is 72.9 Å². The highest BCUT2D eigenvalue weighted by atomic mass is 16.3. The summed E-state index contributed by atoms with van der Waals surface area (Å²) in [7, 11) is 0. The number of aliphatic hydroxyl groups excluding tert-OH is 1. The Kier molecular flexibility index (Phi) is 6.73. The van der Waals surface area contributed by atoms with Gasteiger partial charge in [-0.15, -0.1) is 0 Å². The molecule has 2 atom stereocenters. The number of nitrogens with one attached hydrogen (secondary N) is 1. The molecule has 0 aromatic heterocycles. The Morgan fingerprint density at radius 3 is 2.36 bits per heavy atom. The van der Waals surface area contributed by atoms with Gasteiger partial charge in [-0.25, -0.2) is 0 Å². The van der Waals surface area contributed by atoms with E-state index in [1.165, 1.54) is 0 Å². The molecule has 0 unspecified atom stereocenters. The lowest BCUT2D eigenvalue weighted by Crippen LogP contribution is -2.40. The van der Waals surface area contributed by atoms with Crippen LogP contribution in [0.15, 0.2) is 97.1 Å². The summed E-state index contributed by atoms with van der Waals surface area (Å²) in [4.78, 5) is 31.1. The van der Waals surface area contributed by atoms with Crippen molar-refractivity contribution in [2.24, 2.45) is 0 Å². The first-order valence-corrected chi connectivity index (χ1v) is 13.4. The number of rotatable bonds is 4. The number of carbonyl (C=O) groups excluding carboxylic acids is 2. The minimum absolute atomic E-state index is 0.0896. The molecule has 1 fully saturated rings. The Hall–Kier alpha value is -4.26. The molecular weight excluding hydrogens is 486 g/mol. The first-order chi connectivity index (χ1) is 19.0. The van der Waals surface area contributed by atoms with Crippen molar-refractivity contribution in [2.75, 3.05) is 23.3 Å². The third-order valence-electron chi connectivity index (χ3n) is 7.72. The second-order valence-electron chi connectivity index (χ2n) is 10.5. The number of amides is 2. The zero-order valence-electron chi connectivity index (χ0n) is 21.9. The summed E-state index contributed by atoms with van der Waals surface area (Å²) in [6.07, 6.45) is 0.295. The second-order valence-corrected chi connectivity index (χ2v) is 10.5. The number of hydrogen-bond donors (Lipinski definition) is 2. The van der Waals surface area contributed by atoms with Crippen LogP contribution >= 0.6 is 0 Å². The Balaban J connectivity index is 1.21. The summed E-state index contributed by atoms with van der Waals surface area (Å²) in [5.74, 6) is -0.292. The number of aryl methyl sites for hydroxylation is 1. The normalized spacial score (nSPS) is 18.7. The van der Waals surface area contributed by atoms with Gasteiger partial charge in [0.15, 0.2) is 0 Å². The maximum absolute atomic E-state index is 13.7. The van der Waals surface area contributed by atoms with Crippen LogP contribution in [0, 0.1) is 6.92 Å². The van der Waals surface area contributed by atoms with Gasteiger partial charge in [-0.3, -0.25) is 14.5 Å². The van der Waals surface area contributed by atoms with Crippen LogP contribution in [0.25, 0.3) is 11.1 Å². The number of para-hydroxylation sites is 1. The van der Waals surface area contributed by atoms with Crippen molar-refractivity contribution >= 4 is 23.2 Å². The highest BCUT2D eigenvalue weighted by Crippen LogP contribution is 2.33. The van der Waals surface area contributed by atoms with Crippen LogP contribution in [0.1, 0.15) is 38.3 Å². The van der Waals surface area contributed by atoms with E-state index in [9.17, 15) is 14.7 Å². The summed E-state index contributed by atoms with van der Waals surface area (Å²) < 4.78 is 0. The molecule has 2 amide bonds. The summed E-state index contributed by atoms with van der Waals surface area (Å²) in [6.45, 7) is 3.91. The van der Waals surface area contributed by atoms with E-state index in [0.717, 1.165) is 34.5 Å². The highest BCUT2D eigenvalue weighted by Gasteiger charge is 2.37. The van der Waals surface area contributed by atoms with Gasteiger partial charge >= 0.3 is 0 Å². The van der Waals surface area contributed by atoms with Gasteiger partial charge in [-0.1, -0.05) is 66.2 Å². The third kappa shape index (κ3) is 5.09. The molecule has 0 spiro atoms. The van der Waals surface area contributed by atoms with Crippen LogP contribution in [0.2, 0.25) is 0 Å². The molecule has 6 rings (SSSR count). The van der Waals surface area contributed by atoms with Crippen molar-refractivity contribution in [2.45, 2.75) is 32.0 Å². The smallest absolute Gasteiger partial charge is 0.258 e. The summed E-state index contributed by atoms with van der Waals surface area (Å²) in [5.41, 5.74) is 6.77. The summed E-state index contributed by atoms with van der Waals surface area (Å²) >= 11 is 0. The average molecular weight is 518 g/mol. The van der Waals surface area contributed by atoms with Crippen LogP contribution in [0.4, 0.5) is 11.4 Å². The first-order valence-electron chi connectivity index (χ1n) is 13.4. The zero-order valence-corrected chi connectivity index (χ0v) is 21.9. The van der Waals surface area contributed by atoms with Gasteiger partial charge in [-0.2, -0.15) is 0 Å². The largest absolute Gasteiger partial charge is 0.392 e. The molecule has 0 bridgehead atoms. The number of hydrogen-bond acceptors (Lipinski definition) is 4. The van der Waals surface area contributed by atoms with Gasteiger partial charge in [0.05, 0.1) is 6.10 Å². The summed E-state index contributed by atoms with van der Waals surface area (Å²) in [5, 5.41) is 13.2. The molecule has 2 N–H and O–H groups in total. The van der Waals surface area contributed by atoms with E-state index in [-0.39, 0.29) is 24.0 Å². The molecule has 6 nitrogen and oxygen atoms in total. The fourth-order valence-electron chi connectivity index (χ4n) is 5.69. The Bertz CT molecular complexity index is 1510. The number of anilines is 2. The zero-order chi connectivity index (χ0) is 26.9. The van der Waals surface area contributed by atoms with Gasteiger partial charge in [0.1, 0.15) is 0 Å². The van der Waals surface area contributed by atoms with E-state index >= 15 is 0 Å². The van der Waals surface area contributed by atoms with E-state index in [0.29, 0.717) is 36.3 Å². The van der Waals surface area contributed by atoms with Crippen molar-refractivity contribution in [3.63, 3.8) is 0 Å². The van der Waals surface area contributed by atoms with Gasteiger partial charge in [0.25, 0.3) is 11.8 Å². The molecule has 0 radical (unpaired) electrons. The first kappa shape index (κ1) is 25.0. The monoisotopic (exact) mass is 517 g/mol. The van der Waals surface area contributed by atoms with E-state index in [2.05, 4.69) is 16.3 Å². The van der Waals surface area contributed by atoms with Crippen molar-refractivity contribution in [3.05, 3.63) is 119 Å². The molecule has 39 heavy (non-hydrogen) atoms. The van der Waals surface area contributed by atoms with E-state index in [1.807, 2.05) is 78.6 Å². The lowest BCUT2D eigenvalue weighted by molar-refractivity contribution is 0.0980. The Morgan fingerprint density at radius 1 is 0.846 bits per heavy atom. The highest BCUT2D eigenvalue weighted by molar-refractivity contribution is 6.10. The number of nitrogens with zero attached hydrogens (tertiary/aromatic N) is 2. The lowest BCUT2D eigenvalue weighted by atomic mass is 9.98. The maximum atomic E-state index is 13.7. The van der Waals surface area contributed by atoms with E-state index < -0.39 is 0 Å². The predicted molar refractivity (Wildman–Crippen MR) is 154 cm³/mol. The fraction of sp³-hybridized carbons (Fsp3) is 0.212. The van der Waals surface area contributed by atoms with Crippen LogP contribution in [0.3, 0.4) is 0 Å². The van der Waals surface area contributed by atoms with Crippen LogP contribution in [0.5, 0.6) is 0 Å². The van der Waals surface area contributed by atoms with Gasteiger partial charge in [-0.05, 0) is 66.4 Å². The molecule has 4 aromatic carbocycles. The SMILES string of the molecule is Cc1ccc(-c2ccccc2C(=O)Nc2ccc(C(=O)N3C[C@@H]4C[C@@H](O)CN4Cc4ccccc43)cc2)cc1. The van der Waals surface area contributed by atoms with E-state index in [1.54, 1.807) is 24.3 Å². The molecule has 4 aromatic rings. The van der Waals surface area contributed by atoms with Gasteiger partial charge < -0.3 is 15.3 Å². The molecule has 1 saturated heterocycles. The van der Waals surface area contributed by atoms with Crippen LogP contribution in [-0.4, -0.2) is 47.1 Å². The molecule has 0 saturated carbocycles. The molecule has 196 valence electrons. The van der Waals surface area contributed by atoms with Gasteiger partial charge in [0, 0.05) is 48.2 Å². The average Bonchev–Trinajstić information content (AvgIpc) is 3.23. The maximum Gasteiger partial charge on any atom is 0.258 e. The van der Waals surface area contributed by atoms with Crippen molar-refractivity contribution in [1.82, 2.24) is 4.90 Å². The third-order valence-corrected chi connectivity index (χ3v) is 7.72. The second kappa shape index (κ2) is 10.5. The number of benzene rings is 4. The molecule has 2 aliphatic rings. The van der Waals surface area contributed by atoms with Crippen molar-refractivity contribution in [1.29, 1.82) is 0 Å². The number of carbonyl (C=O) groups is 2. The van der Waals surface area contributed by atoms with Gasteiger partial charge in [0.2, 0.25) is 0 Å². The molecule has 0 aliphatic carbocycles. The standard InChI is InChI=1S/C33H31N3O3/c1-22-10-12-23(13-11-22)29-7-3-4-8-30(29)32(38)34-26-16-14-24(15-17-26)33(39)36-20-27-18-28(37)21-35(27)19-25-6-2-5-9-31(25)36/h2-17,27-28,37H,18-21H2,1H3,(H,34,38)/t27-,28+/m0/s1. The Labute approximate surface area is 228 Å². The Morgan fingerprint density at radius 2 is 1.56 bits per heavy atom. The molecule has 2 aliphatic heterocycles. The molecule has 6 heteroatoms. The van der Waals surface area contributed by atoms with Crippen molar-refractivity contribution < 1.29 is 14.7 Å². The molecular formula is C33H31N3O3. The minimum atomic E-state index is -0.365. The fourth-order valence-corrected chi connectivity index (χ4v) is 5.69. The number of aliphatic hydroxyl groups is 1. The van der Waals surface area contributed by atoms with E-state index in [4.69, 9.17) is 0 Å². The minimum Gasteiger partial charge on any atom is -0.392 e. The predicted octanol–water partition coefficient (Wildman–Crippen LogP) is 5.51. The van der Waals surface area contributed by atoms with Crippen LogP contribution in [-0.2, 0) is 6.54 Å². The number of fused-ring (bicyclic) bond motifs is 2. The quantitative estimate of drug-likeness (QED) is 0.375.